The number of nitrogens with one attached hydrogen (secondary N) is 2. The van der Waals surface area contributed by atoms with Gasteiger partial charge in [0.25, 0.3) is 0 Å². The highest BCUT2D eigenvalue weighted by molar-refractivity contribution is 5.80. The molecule has 1 saturated carbocycles. The highest BCUT2D eigenvalue weighted by Crippen LogP contribution is 2.20. The van der Waals surface area contributed by atoms with Crippen molar-refractivity contribution in [2.45, 2.75) is 58.5 Å². The predicted molar refractivity (Wildman–Crippen MR) is 112 cm³/mol. The van der Waals surface area contributed by atoms with Gasteiger partial charge in [-0.1, -0.05) is 30.5 Å². The summed E-state index contributed by atoms with van der Waals surface area (Å²) in [6, 6.07) is 6.80. The van der Waals surface area contributed by atoms with Crippen LogP contribution in [0.1, 0.15) is 48.5 Å². The Kier molecular flexibility index (Phi) is 6.90. The fourth-order valence-electron chi connectivity index (χ4n) is 3.57. The van der Waals surface area contributed by atoms with E-state index in [-0.39, 0.29) is 0 Å². The molecule has 28 heavy (non-hydrogen) atoms. The number of aliphatic imine (C=N–C) groups is 1. The number of nitrogens with zero attached hydrogens (tertiary/aromatic N) is 4. The zero-order valence-electron chi connectivity index (χ0n) is 17.5. The lowest BCUT2D eigenvalue weighted by Gasteiger charge is -2.18. The van der Waals surface area contributed by atoms with Crippen molar-refractivity contribution in [1.82, 2.24) is 25.4 Å². The first-order valence-electron chi connectivity index (χ1n) is 10.1. The molecule has 7 nitrogen and oxygen atoms in total. The summed E-state index contributed by atoms with van der Waals surface area (Å²) >= 11 is 0. The summed E-state index contributed by atoms with van der Waals surface area (Å²) < 4.78 is 7.48. The highest BCUT2D eigenvalue weighted by Gasteiger charge is 2.16. The summed E-state index contributed by atoms with van der Waals surface area (Å²) in [5.41, 5.74) is 2.45. The Morgan fingerprint density at radius 1 is 1.25 bits per heavy atom. The molecule has 0 saturated heterocycles. The summed E-state index contributed by atoms with van der Waals surface area (Å²) in [5, 5.41) is 15.4. The van der Waals surface area contributed by atoms with Gasteiger partial charge in [-0.2, -0.15) is 0 Å². The molecule has 0 aliphatic heterocycles. The molecule has 0 amide bonds. The van der Waals surface area contributed by atoms with Crippen molar-refractivity contribution < 1.29 is 4.74 Å². The van der Waals surface area contributed by atoms with E-state index in [1.54, 1.807) is 7.11 Å². The third kappa shape index (κ3) is 5.24. The van der Waals surface area contributed by atoms with Crippen molar-refractivity contribution in [2.24, 2.45) is 12.0 Å². The molecule has 2 N–H and O–H groups in total. The minimum atomic E-state index is 0.501. The Hall–Kier alpha value is -2.57. The van der Waals surface area contributed by atoms with Crippen LogP contribution in [0, 0.1) is 13.8 Å². The van der Waals surface area contributed by atoms with Gasteiger partial charge in [0, 0.05) is 19.6 Å². The van der Waals surface area contributed by atoms with Crippen molar-refractivity contribution in [3.8, 4) is 5.75 Å². The average Bonchev–Trinajstić information content (AvgIpc) is 3.31. The van der Waals surface area contributed by atoms with Gasteiger partial charge < -0.3 is 19.9 Å². The first-order valence-corrected chi connectivity index (χ1v) is 10.1. The fourth-order valence-corrected chi connectivity index (χ4v) is 3.57. The minimum absolute atomic E-state index is 0.501. The van der Waals surface area contributed by atoms with Gasteiger partial charge in [0.2, 0.25) is 0 Å². The summed E-state index contributed by atoms with van der Waals surface area (Å²) in [4.78, 5) is 4.76. The van der Waals surface area contributed by atoms with E-state index in [4.69, 9.17) is 9.73 Å². The summed E-state index contributed by atoms with van der Waals surface area (Å²) in [5.74, 6) is 3.55. The standard InChI is InChI=1S/C21H32N6O/c1-15-9-10-19(28-4)17(13-15)11-12-22-21(24-18-7-5-6-8-18)23-14-20-26-25-16(2)27(20)3/h9-10,13,18H,5-8,11-12,14H2,1-4H3,(H2,22,23,24). The van der Waals surface area contributed by atoms with E-state index in [0.29, 0.717) is 12.6 Å². The summed E-state index contributed by atoms with van der Waals surface area (Å²) in [6.07, 6.45) is 5.85. The maximum Gasteiger partial charge on any atom is 0.191 e. The molecule has 1 aliphatic carbocycles. The Balaban J connectivity index is 1.64. The van der Waals surface area contributed by atoms with Crippen LogP contribution < -0.4 is 15.4 Å². The molecule has 1 aliphatic rings. The molecule has 1 aromatic carbocycles. The van der Waals surface area contributed by atoms with Crippen LogP contribution in [0.25, 0.3) is 0 Å². The predicted octanol–water partition coefficient (Wildman–Crippen LogP) is 2.66. The monoisotopic (exact) mass is 384 g/mol. The molecular weight excluding hydrogens is 352 g/mol. The second-order valence-electron chi connectivity index (χ2n) is 7.51. The maximum absolute atomic E-state index is 5.49. The minimum Gasteiger partial charge on any atom is -0.496 e. The zero-order chi connectivity index (χ0) is 19.9. The van der Waals surface area contributed by atoms with Gasteiger partial charge in [0.05, 0.1) is 7.11 Å². The third-order valence-corrected chi connectivity index (χ3v) is 5.38. The second-order valence-corrected chi connectivity index (χ2v) is 7.51. The molecule has 1 fully saturated rings. The van der Waals surface area contributed by atoms with Gasteiger partial charge in [0.15, 0.2) is 11.8 Å². The van der Waals surface area contributed by atoms with Crippen LogP contribution in [0.3, 0.4) is 0 Å². The van der Waals surface area contributed by atoms with Crippen LogP contribution in [-0.2, 0) is 20.0 Å². The van der Waals surface area contributed by atoms with Gasteiger partial charge in [-0.25, -0.2) is 4.99 Å². The maximum atomic E-state index is 5.49. The molecule has 0 unspecified atom stereocenters. The number of benzene rings is 1. The Morgan fingerprint density at radius 3 is 2.71 bits per heavy atom. The number of aryl methyl sites for hydroxylation is 2. The molecule has 0 bridgehead atoms. The van der Waals surface area contributed by atoms with Crippen LogP contribution in [0.4, 0.5) is 0 Å². The Bertz CT molecular complexity index is 807. The largest absolute Gasteiger partial charge is 0.496 e. The Labute approximate surface area is 167 Å². The van der Waals surface area contributed by atoms with Gasteiger partial charge in [-0.15, -0.1) is 10.2 Å². The van der Waals surface area contributed by atoms with E-state index >= 15 is 0 Å². The van der Waals surface area contributed by atoms with Gasteiger partial charge >= 0.3 is 0 Å². The first kappa shape index (κ1) is 20.2. The van der Waals surface area contributed by atoms with Crippen molar-refractivity contribution in [1.29, 1.82) is 0 Å². The van der Waals surface area contributed by atoms with Crippen molar-refractivity contribution in [3.05, 3.63) is 41.0 Å². The molecule has 0 radical (unpaired) electrons. The highest BCUT2D eigenvalue weighted by atomic mass is 16.5. The van der Waals surface area contributed by atoms with Crippen LogP contribution in [-0.4, -0.2) is 40.4 Å². The molecular formula is C21H32N6O. The number of methoxy groups -OCH3 is 1. The average molecular weight is 385 g/mol. The molecule has 7 heteroatoms. The molecule has 1 aromatic heterocycles. The molecule has 0 atom stereocenters. The van der Waals surface area contributed by atoms with E-state index in [2.05, 4.69) is 39.9 Å². The zero-order valence-corrected chi connectivity index (χ0v) is 17.5. The normalized spacial score (nSPS) is 15.1. The lowest BCUT2D eigenvalue weighted by Crippen LogP contribution is -2.43. The fraction of sp³-hybridized carbons (Fsp3) is 0.571. The molecule has 152 valence electrons. The third-order valence-electron chi connectivity index (χ3n) is 5.38. The van der Waals surface area contributed by atoms with Crippen LogP contribution in [0.15, 0.2) is 23.2 Å². The number of guanidine groups is 1. The molecule has 2 aromatic rings. The number of ether oxygens (including phenoxy) is 1. The molecule has 1 heterocycles. The smallest absolute Gasteiger partial charge is 0.191 e. The van der Waals surface area contributed by atoms with Crippen molar-refractivity contribution >= 4 is 5.96 Å². The first-order chi connectivity index (χ1) is 13.6. The van der Waals surface area contributed by atoms with Crippen molar-refractivity contribution in [3.63, 3.8) is 0 Å². The van der Waals surface area contributed by atoms with E-state index in [0.717, 1.165) is 36.3 Å². The lowest BCUT2D eigenvalue weighted by atomic mass is 10.1. The van der Waals surface area contributed by atoms with Crippen LogP contribution in [0.2, 0.25) is 0 Å². The molecule has 0 spiro atoms. The lowest BCUT2D eigenvalue weighted by molar-refractivity contribution is 0.409. The van der Waals surface area contributed by atoms with E-state index in [9.17, 15) is 0 Å². The summed E-state index contributed by atoms with van der Waals surface area (Å²) in [7, 11) is 3.70. The number of aromatic nitrogens is 3. The SMILES string of the molecule is COc1ccc(C)cc1CCNC(=NCc1nnc(C)n1C)NC1CCCC1. The Morgan fingerprint density at radius 2 is 2.04 bits per heavy atom. The van der Waals surface area contributed by atoms with E-state index < -0.39 is 0 Å². The van der Waals surface area contributed by atoms with Gasteiger partial charge in [-0.05, 0) is 44.7 Å². The van der Waals surface area contributed by atoms with Gasteiger partial charge in [0.1, 0.15) is 18.1 Å². The topological polar surface area (TPSA) is 76.4 Å². The van der Waals surface area contributed by atoms with Crippen molar-refractivity contribution in [2.75, 3.05) is 13.7 Å². The molecule has 3 rings (SSSR count). The van der Waals surface area contributed by atoms with E-state index in [1.165, 1.54) is 36.8 Å². The van der Waals surface area contributed by atoms with Crippen LogP contribution in [0.5, 0.6) is 5.75 Å². The second kappa shape index (κ2) is 9.57. The van der Waals surface area contributed by atoms with E-state index in [1.807, 2.05) is 24.6 Å². The number of hydrogen-bond donors (Lipinski definition) is 2. The van der Waals surface area contributed by atoms with Crippen LogP contribution >= 0.6 is 0 Å². The summed E-state index contributed by atoms with van der Waals surface area (Å²) in [6.45, 7) is 5.35. The van der Waals surface area contributed by atoms with Gasteiger partial charge in [-0.3, -0.25) is 0 Å². The number of hydrogen-bond acceptors (Lipinski definition) is 4. The number of rotatable bonds is 7. The quantitative estimate of drug-likeness (QED) is 0.567.